The molecule has 9 nitrogen and oxygen atoms in total. The van der Waals surface area contributed by atoms with Crippen LogP contribution in [0.5, 0.6) is 0 Å². The topological polar surface area (TPSA) is 98.6 Å². The van der Waals surface area contributed by atoms with E-state index in [9.17, 15) is 0 Å². The van der Waals surface area contributed by atoms with Crippen molar-refractivity contribution in [2.45, 2.75) is 25.8 Å². The van der Waals surface area contributed by atoms with Gasteiger partial charge in [-0.2, -0.15) is 4.98 Å². The summed E-state index contributed by atoms with van der Waals surface area (Å²) >= 11 is 0. The number of pyridine rings is 1. The summed E-state index contributed by atoms with van der Waals surface area (Å²) < 4.78 is 6.80. The van der Waals surface area contributed by atoms with Gasteiger partial charge in [-0.3, -0.25) is 0 Å². The van der Waals surface area contributed by atoms with Crippen LogP contribution < -0.4 is 4.90 Å². The van der Waals surface area contributed by atoms with Crippen LogP contribution in [0.3, 0.4) is 0 Å². The number of aromatic nitrogens is 7. The van der Waals surface area contributed by atoms with Crippen LogP contribution in [0.15, 0.2) is 29.2 Å². The number of nitrogens with zero attached hydrogens (tertiary/aromatic N) is 8. The SMILES string of the molecule is c1cc(-c2noc(Cn3cnnn3)n2)cc(N2CCCCC2)n1. The van der Waals surface area contributed by atoms with E-state index in [1.54, 1.807) is 6.20 Å². The Morgan fingerprint density at radius 3 is 2.91 bits per heavy atom. The molecule has 1 aliphatic rings. The van der Waals surface area contributed by atoms with E-state index in [0.717, 1.165) is 24.5 Å². The standard InChI is InChI=1S/C14H16N8O/c1-2-6-21(7-3-1)12-8-11(4-5-15-12)14-17-13(23-18-14)9-22-10-16-19-20-22/h4-5,8,10H,1-3,6-7,9H2. The highest BCUT2D eigenvalue weighted by Gasteiger charge is 2.15. The molecule has 0 aliphatic carbocycles. The summed E-state index contributed by atoms with van der Waals surface area (Å²) in [7, 11) is 0. The van der Waals surface area contributed by atoms with E-state index >= 15 is 0 Å². The van der Waals surface area contributed by atoms with Gasteiger partial charge in [-0.25, -0.2) is 9.67 Å². The zero-order valence-electron chi connectivity index (χ0n) is 12.5. The van der Waals surface area contributed by atoms with Crippen molar-refractivity contribution in [3.8, 4) is 11.4 Å². The highest BCUT2D eigenvalue weighted by atomic mass is 16.5. The number of hydrogen-bond donors (Lipinski definition) is 0. The van der Waals surface area contributed by atoms with Crippen LogP contribution in [0.25, 0.3) is 11.4 Å². The molecule has 4 heterocycles. The van der Waals surface area contributed by atoms with Crippen molar-refractivity contribution in [3.63, 3.8) is 0 Å². The Kier molecular flexibility index (Phi) is 3.66. The zero-order chi connectivity index (χ0) is 15.5. The van der Waals surface area contributed by atoms with Crippen molar-refractivity contribution in [2.24, 2.45) is 0 Å². The van der Waals surface area contributed by atoms with Crippen molar-refractivity contribution >= 4 is 5.82 Å². The summed E-state index contributed by atoms with van der Waals surface area (Å²) in [5.41, 5.74) is 0.896. The second kappa shape index (κ2) is 6.11. The number of tetrazole rings is 1. The van der Waals surface area contributed by atoms with Gasteiger partial charge in [0.05, 0.1) is 0 Å². The number of anilines is 1. The molecule has 9 heteroatoms. The third kappa shape index (κ3) is 3.03. The average Bonchev–Trinajstić information content (AvgIpc) is 3.28. The van der Waals surface area contributed by atoms with Gasteiger partial charge in [-0.15, -0.1) is 5.10 Å². The molecule has 0 aromatic carbocycles. The van der Waals surface area contributed by atoms with E-state index in [1.165, 1.54) is 30.3 Å². The minimum atomic E-state index is 0.351. The quantitative estimate of drug-likeness (QED) is 0.707. The molecule has 0 amide bonds. The van der Waals surface area contributed by atoms with Crippen molar-refractivity contribution in [3.05, 3.63) is 30.5 Å². The maximum Gasteiger partial charge on any atom is 0.248 e. The molecule has 0 spiro atoms. The second-order valence-electron chi connectivity index (χ2n) is 5.47. The predicted octanol–water partition coefficient (Wildman–Crippen LogP) is 1.16. The Balaban J connectivity index is 1.54. The van der Waals surface area contributed by atoms with Crippen LogP contribution >= 0.6 is 0 Å². The summed E-state index contributed by atoms with van der Waals surface area (Å²) in [4.78, 5) is 11.2. The molecule has 1 aliphatic heterocycles. The van der Waals surface area contributed by atoms with Crippen LogP contribution in [0.4, 0.5) is 5.82 Å². The number of hydrogen-bond acceptors (Lipinski definition) is 8. The normalized spacial score (nSPS) is 15.0. The summed E-state index contributed by atoms with van der Waals surface area (Å²) in [6, 6.07) is 3.90. The van der Waals surface area contributed by atoms with Gasteiger partial charge in [-0.05, 0) is 41.8 Å². The maximum atomic E-state index is 5.27. The summed E-state index contributed by atoms with van der Waals surface area (Å²) in [5.74, 6) is 1.98. The fraction of sp³-hybridized carbons (Fsp3) is 0.429. The maximum absolute atomic E-state index is 5.27. The average molecular weight is 312 g/mol. The molecule has 0 N–H and O–H groups in total. The van der Waals surface area contributed by atoms with E-state index in [2.05, 4.69) is 35.5 Å². The Morgan fingerprint density at radius 2 is 2.09 bits per heavy atom. The Hall–Kier alpha value is -2.84. The molecule has 3 aromatic rings. The first-order chi connectivity index (χ1) is 11.4. The molecule has 1 fully saturated rings. The van der Waals surface area contributed by atoms with Gasteiger partial charge in [0, 0.05) is 24.8 Å². The first kappa shape index (κ1) is 13.8. The molecule has 1 saturated heterocycles. The lowest BCUT2D eigenvalue weighted by molar-refractivity contribution is 0.364. The smallest absolute Gasteiger partial charge is 0.248 e. The van der Waals surface area contributed by atoms with Gasteiger partial charge in [0.25, 0.3) is 0 Å². The fourth-order valence-corrected chi connectivity index (χ4v) is 2.68. The molecule has 0 saturated carbocycles. The third-order valence-electron chi connectivity index (χ3n) is 3.84. The van der Waals surface area contributed by atoms with E-state index in [-0.39, 0.29) is 0 Å². The highest BCUT2D eigenvalue weighted by molar-refractivity contribution is 5.59. The lowest BCUT2D eigenvalue weighted by Gasteiger charge is -2.27. The van der Waals surface area contributed by atoms with Gasteiger partial charge in [0.1, 0.15) is 18.7 Å². The first-order valence-corrected chi connectivity index (χ1v) is 7.63. The largest absolute Gasteiger partial charge is 0.357 e. The fourth-order valence-electron chi connectivity index (χ4n) is 2.68. The van der Waals surface area contributed by atoms with Gasteiger partial charge in [0.2, 0.25) is 11.7 Å². The van der Waals surface area contributed by atoms with Crippen molar-refractivity contribution in [1.82, 2.24) is 35.3 Å². The number of rotatable bonds is 4. The summed E-state index contributed by atoms with van der Waals surface area (Å²) in [6.07, 6.45) is 7.01. The lowest BCUT2D eigenvalue weighted by Crippen LogP contribution is -2.30. The zero-order valence-corrected chi connectivity index (χ0v) is 12.5. The van der Waals surface area contributed by atoms with E-state index in [0.29, 0.717) is 18.3 Å². The van der Waals surface area contributed by atoms with Crippen LogP contribution in [-0.4, -0.2) is 48.4 Å². The molecular weight excluding hydrogens is 296 g/mol. The van der Waals surface area contributed by atoms with Crippen LogP contribution in [-0.2, 0) is 6.54 Å². The molecule has 4 rings (SSSR count). The molecule has 0 unspecified atom stereocenters. The summed E-state index contributed by atoms with van der Waals surface area (Å²) in [6.45, 7) is 2.45. The monoisotopic (exact) mass is 312 g/mol. The minimum absolute atomic E-state index is 0.351. The first-order valence-electron chi connectivity index (χ1n) is 7.63. The van der Waals surface area contributed by atoms with Gasteiger partial charge in [0.15, 0.2) is 0 Å². The van der Waals surface area contributed by atoms with Crippen LogP contribution in [0.2, 0.25) is 0 Å². The molecule has 0 atom stereocenters. The minimum Gasteiger partial charge on any atom is -0.357 e. The Bertz CT molecular complexity index is 763. The molecular formula is C14H16N8O. The highest BCUT2D eigenvalue weighted by Crippen LogP contribution is 2.23. The van der Waals surface area contributed by atoms with Crippen LogP contribution in [0.1, 0.15) is 25.2 Å². The van der Waals surface area contributed by atoms with Gasteiger partial charge >= 0.3 is 0 Å². The van der Waals surface area contributed by atoms with Gasteiger partial charge < -0.3 is 9.42 Å². The molecule has 3 aromatic heterocycles. The van der Waals surface area contributed by atoms with E-state index < -0.39 is 0 Å². The van der Waals surface area contributed by atoms with Crippen molar-refractivity contribution in [1.29, 1.82) is 0 Å². The third-order valence-corrected chi connectivity index (χ3v) is 3.84. The molecule has 0 bridgehead atoms. The lowest BCUT2D eigenvalue weighted by atomic mass is 10.1. The predicted molar refractivity (Wildman–Crippen MR) is 80.5 cm³/mol. The Labute approximate surface area is 132 Å². The van der Waals surface area contributed by atoms with E-state index in [1.807, 2.05) is 12.1 Å². The second-order valence-corrected chi connectivity index (χ2v) is 5.47. The van der Waals surface area contributed by atoms with E-state index in [4.69, 9.17) is 4.52 Å². The van der Waals surface area contributed by atoms with Crippen LogP contribution in [0, 0.1) is 0 Å². The van der Waals surface area contributed by atoms with Gasteiger partial charge in [-0.1, -0.05) is 5.16 Å². The summed E-state index contributed by atoms with van der Waals surface area (Å²) in [5, 5.41) is 15.0. The molecule has 118 valence electrons. The molecule has 23 heavy (non-hydrogen) atoms. The Morgan fingerprint density at radius 1 is 1.17 bits per heavy atom. The van der Waals surface area contributed by atoms with Crippen molar-refractivity contribution < 1.29 is 4.52 Å². The van der Waals surface area contributed by atoms with Crippen molar-refractivity contribution in [2.75, 3.05) is 18.0 Å². The number of piperidine rings is 1. The molecule has 0 radical (unpaired) electrons.